The first-order valence-electron chi connectivity index (χ1n) is 30.3. The van der Waals surface area contributed by atoms with E-state index >= 15 is 0 Å². The minimum Gasteiger partial charge on any atom is -0.460 e. The maximum Gasteiger partial charge on any atom is 1.00 e. The van der Waals surface area contributed by atoms with E-state index in [9.17, 15) is 4.79 Å². The molecule has 0 radical (unpaired) electrons. The summed E-state index contributed by atoms with van der Waals surface area (Å²) in [4.78, 5) is 21.9. The third-order valence-electron chi connectivity index (χ3n) is 13.2. The molecule has 422 valence electrons. The number of nitrogens with zero attached hydrogens (tertiary/aromatic N) is 2. The predicted molar refractivity (Wildman–Crippen MR) is 322 cm³/mol. The average Bonchev–Trinajstić information content (AvgIpc) is 3.35. The minimum atomic E-state index is -0.537. The number of unbranched alkanes of at least 4 members (excludes halogenated alkanes) is 29. The number of anilines is 1. The largest absolute Gasteiger partial charge is 1.00 e. The molecule has 2 N–H and O–H groups in total. The number of nitrogens with two attached hydrogens (primary N) is 1. The summed E-state index contributed by atoms with van der Waals surface area (Å²) < 4.78 is 11.6. The summed E-state index contributed by atoms with van der Waals surface area (Å²) in [5.74, 6) is 0.651. The summed E-state index contributed by atoms with van der Waals surface area (Å²) in [5.41, 5.74) is 9.57. The van der Waals surface area contributed by atoms with Crippen LogP contribution in [-0.2, 0) is 20.7 Å². The number of carbonyl (C=O) groups excluding carboxylic acids is 1. The molecular weight excluding hydrogens is 897 g/mol. The first-order valence-corrected chi connectivity index (χ1v) is 30.3. The van der Waals surface area contributed by atoms with Crippen LogP contribution in [0.25, 0.3) is 10.9 Å². The van der Waals surface area contributed by atoms with Gasteiger partial charge in [0, 0.05) is 24.1 Å². The Hall–Kier alpha value is -1.28. The Morgan fingerprint density at radius 1 is 0.608 bits per heavy atom. The van der Waals surface area contributed by atoms with Crippen molar-refractivity contribution in [2.24, 2.45) is 10.9 Å². The van der Waals surface area contributed by atoms with Crippen LogP contribution in [0.15, 0.2) is 29.3 Å². The number of pyridine rings is 1. The normalized spacial score (nSPS) is 12.8. The van der Waals surface area contributed by atoms with Crippen LogP contribution in [-0.4, -0.2) is 35.5 Å². The number of rotatable bonds is 37. The second-order valence-electron chi connectivity index (χ2n) is 20.9. The molecule has 74 heavy (non-hydrogen) atoms. The number of para-hydroxylation sites is 1. The predicted octanol–water partition coefficient (Wildman–Crippen LogP) is 15.3. The minimum absolute atomic E-state index is 0. The molecule has 0 amide bonds. The van der Waals surface area contributed by atoms with Gasteiger partial charge in [-0.2, -0.15) is 25.7 Å². The van der Waals surface area contributed by atoms with E-state index in [4.69, 9.17) is 20.2 Å². The fourth-order valence-corrected chi connectivity index (χ4v) is 9.15. The van der Waals surface area contributed by atoms with Crippen LogP contribution in [0, 0.1) is 47.5 Å². The molecule has 1 aromatic heterocycles. The van der Waals surface area contributed by atoms with E-state index in [-0.39, 0.29) is 43.7 Å². The summed E-state index contributed by atoms with van der Waals surface area (Å²) >= 11 is 0. The molecule has 0 saturated heterocycles. The number of benzene rings is 1. The monoisotopic (exact) mass is 1020 g/mol. The molecule has 1 aromatic carbocycles. The molecule has 3 rings (SSSR count). The Morgan fingerprint density at radius 2 is 1.00 bits per heavy atom. The van der Waals surface area contributed by atoms with Crippen molar-refractivity contribution >= 4 is 34.1 Å². The van der Waals surface area contributed by atoms with Gasteiger partial charge >= 0.3 is 43.7 Å². The number of aromatic nitrogens is 1. The third-order valence-corrected chi connectivity index (χ3v) is 13.2. The van der Waals surface area contributed by atoms with Crippen LogP contribution in [0.5, 0.6) is 0 Å². The van der Waals surface area contributed by atoms with Crippen LogP contribution in [0.2, 0.25) is 0 Å². The van der Waals surface area contributed by atoms with E-state index in [0.29, 0.717) is 31.4 Å². The molecule has 1 unspecified atom stereocenters. The zero-order chi connectivity index (χ0) is 53.8. The van der Waals surface area contributed by atoms with Gasteiger partial charge in [-0.25, -0.2) is 4.98 Å². The van der Waals surface area contributed by atoms with Gasteiger partial charge in [0.05, 0.1) is 12.1 Å². The van der Waals surface area contributed by atoms with E-state index < -0.39 is 5.60 Å². The standard InChI is InChI=1S/C27H38N3O3.3C12H25.C3H6.2Li/c1-5-7-8-13-24(31)33-27(3,4)17-19-14-15-22-21-11-9-10-12-23(21)30-26(28)25(22)29-20(16-19)18-32-6-2;3*1-3-5-7-9-11-12-10-8-6-4-2;1-3-2;;/h9-12,19H,1,5-8,13-18H2,2-4H3,(H2,28,30);3*1,3-12H2,2H3;1-3H2;;/q4*-1;-2;2*+1. The maximum absolute atomic E-state index is 12.3. The molecule has 2 aromatic rings. The van der Waals surface area contributed by atoms with Crippen molar-refractivity contribution in [1.29, 1.82) is 0 Å². The van der Waals surface area contributed by atoms with Crippen LogP contribution >= 0.6 is 0 Å². The van der Waals surface area contributed by atoms with Crippen molar-refractivity contribution in [3.05, 3.63) is 71.4 Å². The Labute approximate surface area is 486 Å². The summed E-state index contributed by atoms with van der Waals surface area (Å²) in [7, 11) is 0. The SMILES string of the molecule is [CH2-]CCCCC(=O)OC(C)(C)CC1CCc2c(c(N)nc3ccccc23)N=C(COCC)C1.[CH2-]CCCCCCCCCCC.[CH2-]CCCCCCCCCCC.[CH2-]CCCCCCCCCCC.[CH2-]C[CH2-].[Li+].[Li+]. The van der Waals surface area contributed by atoms with Crippen molar-refractivity contribution in [2.75, 3.05) is 18.9 Å². The number of hydrogen-bond donors (Lipinski definition) is 1. The molecule has 1 aliphatic rings. The van der Waals surface area contributed by atoms with Crippen molar-refractivity contribution in [1.82, 2.24) is 4.98 Å². The van der Waals surface area contributed by atoms with Crippen molar-refractivity contribution in [3.63, 3.8) is 0 Å². The molecule has 0 aliphatic carbocycles. The molecule has 8 heteroatoms. The fourth-order valence-electron chi connectivity index (χ4n) is 9.15. The first kappa shape index (κ1) is 79.2. The number of fused-ring (bicyclic) bond motifs is 3. The summed E-state index contributed by atoms with van der Waals surface area (Å²) in [5, 5.41) is 1.10. The van der Waals surface area contributed by atoms with Gasteiger partial charge in [0.25, 0.3) is 0 Å². The zero-order valence-corrected chi connectivity index (χ0v) is 50.8. The van der Waals surface area contributed by atoms with Gasteiger partial charge in [-0.05, 0) is 70.4 Å². The quantitative estimate of drug-likeness (QED) is 0.0315. The van der Waals surface area contributed by atoms with Crippen molar-refractivity contribution < 1.29 is 52.0 Å². The molecule has 6 nitrogen and oxygen atoms in total. The van der Waals surface area contributed by atoms with Gasteiger partial charge in [-0.1, -0.05) is 219 Å². The number of esters is 1. The van der Waals surface area contributed by atoms with E-state index in [1.54, 1.807) is 0 Å². The molecular formula is C66H119Li2N3O3-4. The molecule has 0 spiro atoms. The van der Waals surface area contributed by atoms with Gasteiger partial charge in [0.15, 0.2) is 0 Å². The Kier molecular flexibility index (Phi) is 63.6. The molecule has 0 fully saturated rings. The average molecular weight is 1020 g/mol. The number of carbonyl (C=O) groups is 1. The maximum atomic E-state index is 12.3. The molecule has 1 aliphatic heterocycles. The summed E-state index contributed by atoms with van der Waals surface area (Å²) in [6.45, 7) is 36.0. The number of aliphatic imine (C=N–C) groups is 1. The Morgan fingerprint density at radius 3 is 1.41 bits per heavy atom. The smallest absolute Gasteiger partial charge is 0.460 e. The van der Waals surface area contributed by atoms with Crippen LogP contribution < -0.4 is 43.5 Å². The van der Waals surface area contributed by atoms with E-state index in [2.05, 4.69) is 73.4 Å². The van der Waals surface area contributed by atoms with Crippen LogP contribution in [0.3, 0.4) is 0 Å². The Balaban J connectivity index is -0.000000495. The summed E-state index contributed by atoms with van der Waals surface area (Å²) in [6.07, 6.45) is 48.8. The van der Waals surface area contributed by atoms with Crippen LogP contribution in [0.4, 0.5) is 11.5 Å². The number of nitrogen functional groups attached to an aromatic ring is 1. The number of ether oxygens (including phenoxy) is 2. The molecule has 1 atom stereocenters. The molecule has 0 saturated carbocycles. The molecule has 0 bridgehead atoms. The number of hydrogen-bond acceptors (Lipinski definition) is 6. The third kappa shape index (κ3) is 47.9. The van der Waals surface area contributed by atoms with Crippen molar-refractivity contribution in [3.8, 4) is 0 Å². The van der Waals surface area contributed by atoms with Gasteiger partial charge in [0.2, 0.25) is 0 Å². The first-order chi connectivity index (χ1) is 35.0. The topological polar surface area (TPSA) is 86.8 Å². The van der Waals surface area contributed by atoms with Gasteiger partial charge in [-0.3, -0.25) is 9.79 Å². The second kappa shape index (κ2) is 59.4. The summed E-state index contributed by atoms with van der Waals surface area (Å²) in [6, 6.07) is 8.08. The van der Waals surface area contributed by atoms with E-state index in [1.807, 2.05) is 39.0 Å². The van der Waals surface area contributed by atoms with Gasteiger partial charge < -0.3 is 63.2 Å². The van der Waals surface area contributed by atoms with E-state index in [0.717, 1.165) is 98.5 Å². The van der Waals surface area contributed by atoms with Gasteiger partial charge in [-0.15, -0.1) is 0 Å². The van der Waals surface area contributed by atoms with Crippen LogP contribution in [0.1, 0.15) is 291 Å². The van der Waals surface area contributed by atoms with E-state index in [1.165, 1.54) is 173 Å². The second-order valence-corrected chi connectivity index (χ2v) is 20.9. The molecule has 2 heterocycles. The van der Waals surface area contributed by atoms with Crippen molar-refractivity contribution in [2.45, 2.75) is 298 Å². The fraction of sp³-hybridized carbons (Fsp3) is 0.742. The van der Waals surface area contributed by atoms with Gasteiger partial charge in [0.1, 0.15) is 17.1 Å². The zero-order valence-electron chi connectivity index (χ0n) is 50.8. The number of aryl methyl sites for hydroxylation is 1. The Bertz CT molecular complexity index is 1420.